The third kappa shape index (κ3) is 3.01. The molecule has 2 N–H and O–H groups in total. The maximum atomic E-state index is 12.0. The molecule has 0 radical (unpaired) electrons. The molecule has 1 amide bonds. The molecule has 1 aliphatic carbocycles. The van der Waals surface area contributed by atoms with Crippen molar-refractivity contribution in [1.29, 1.82) is 0 Å². The molecular weight excluding hydrogens is 254 g/mol. The number of carbonyl (C=O) groups is 2. The van der Waals surface area contributed by atoms with E-state index in [0.717, 1.165) is 18.4 Å². The van der Waals surface area contributed by atoms with Crippen molar-refractivity contribution < 1.29 is 14.7 Å². The lowest BCUT2D eigenvalue weighted by atomic mass is 10.1. The predicted molar refractivity (Wildman–Crippen MR) is 67.8 cm³/mol. The normalized spacial score (nSPS) is 16.1. The summed E-state index contributed by atoms with van der Waals surface area (Å²) in [6.45, 7) is 1.83. The lowest BCUT2D eigenvalue weighted by Gasteiger charge is -2.13. The van der Waals surface area contributed by atoms with Crippen LogP contribution in [0, 0.1) is 12.8 Å². The Labute approximate surface area is 110 Å². The molecule has 2 rings (SSSR count). The van der Waals surface area contributed by atoms with Gasteiger partial charge in [0.25, 0.3) is 5.91 Å². The number of halogens is 1. The molecule has 1 aliphatic rings. The van der Waals surface area contributed by atoms with E-state index in [1.165, 1.54) is 6.07 Å². The molecule has 0 heterocycles. The number of hydrogen-bond acceptors (Lipinski definition) is 2. The molecule has 0 saturated heterocycles. The summed E-state index contributed by atoms with van der Waals surface area (Å²) in [5.41, 5.74) is 1.26. The number of carboxylic acid groups (broad SMARTS) is 1. The van der Waals surface area contributed by atoms with Crippen molar-refractivity contribution in [3.8, 4) is 0 Å². The molecular formula is C13H14ClNO3. The average molecular weight is 268 g/mol. The summed E-state index contributed by atoms with van der Waals surface area (Å²) in [5, 5.41) is 12.1. The van der Waals surface area contributed by atoms with Crippen LogP contribution in [0.25, 0.3) is 0 Å². The Morgan fingerprint density at radius 2 is 2.06 bits per heavy atom. The van der Waals surface area contributed by atoms with Gasteiger partial charge in [0, 0.05) is 10.6 Å². The quantitative estimate of drug-likeness (QED) is 0.879. The zero-order valence-electron chi connectivity index (χ0n) is 9.94. The van der Waals surface area contributed by atoms with E-state index in [1.54, 1.807) is 12.1 Å². The van der Waals surface area contributed by atoms with Crippen molar-refractivity contribution in [2.75, 3.05) is 0 Å². The minimum atomic E-state index is -0.982. The standard InChI is InChI=1S/C13H14ClNO3/c1-7-4-9(6-10(14)5-7)12(16)15-11(13(17)18)8-2-3-8/h4-6,8,11H,2-3H2,1H3,(H,15,16)(H,17,18). The Hall–Kier alpha value is -1.55. The lowest BCUT2D eigenvalue weighted by molar-refractivity contribution is -0.139. The lowest BCUT2D eigenvalue weighted by Crippen LogP contribution is -2.42. The molecule has 18 heavy (non-hydrogen) atoms. The van der Waals surface area contributed by atoms with Crippen LogP contribution in [0.2, 0.25) is 5.02 Å². The van der Waals surface area contributed by atoms with Gasteiger partial charge in [-0.25, -0.2) is 4.79 Å². The summed E-state index contributed by atoms with van der Waals surface area (Å²) in [7, 11) is 0. The second kappa shape index (κ2) is 4.98. The maximum Gasteiger partial charge on any atom is 0.326 e. The van der Waals surface area contributed by atoms with E-state index in [4.69, 9.17) is 16.7 Å². The molecule has 0 aliphatic heterocycles. The van der Waals surface area contributed by atoms with Crippen LogP contribution in [0.15, 0.2) is 18.2 Å². The van der Waals surface area contributed by atoms with Crippen molar-refractivity contribution >= 4 is 23.5 Å². The number of aryl methyl sites for hydroxylation is 1. The van der Waals surface area contributed by atoms with Gasteiger partial charge >= 0.3 is 5.97 Å². The molecule has 96 valence electrons. The Bertz CT molecular complexity index is 477. The third-order valence-corrected chi connectivity index (χ3v) is 3.17. The molecule has 5 heteroatoms. The third-order valence-electron chi connectivity index (χ3n) is 2.95. The molecule has 0 spiro atoms. The summed E-state index contributed by atoms with van der Waals surface area (Å²) in [6.07, 6.45) is 1.71. The van der Waals surface area contributed by atoms with E-state index in [0.29, 0.717) is 10.6 Å². The van der Waals surface area contributed by atoms with Crippen LogP contribution in [-0.2, 0) is 4.79 Å². The molecule has 4 nitrogen and oxygen atoms in total. The Morgan fingerprint density at radius 1 is 1.39 bits per heavy atom. The number of carboxylic acids is 1. The van der Waals surface area contributed by atoms with Gasteiger partial charge in [-0.05, 0) is 49.4 Å². The first kappa shape index (κ1) is 12.9. The summed E-state index contributed by atoms with van der Waals surface area (Å²) in [4.78, 5) is 23.0. The van der Waals surface area contributed by atoms with Gasteiger partial charge in [0.05, 0.1) is 0 Å². The first-order chi connectivity index (χ1) is 8.47. The van der Waals surface area contributed by atoms with Gasteiger partial charge in [-0.15, -0.1) is 0 Å². The second-order valence-corrected chi connectivity index (χ2v) is 5.08. The van der Waals surface area contributed by atoms with Crippen molar-refractivity contribution in [3.63, 3.8) is 0 Å². The van der Waals surface area contributed by atoms with Crippen molar-refractivity contribution in [2.45, 2.75) is 25.8 Å². The molecule has 1 saturated carbocycles. The van der Waals surface area contributed by atoms with Crippen LogP contribution in [-0.4, -0.2) is 23.0 Å². The smallest absolute Gasteiger partial charge is 0.326 e. The van der Waals surface area contributed by atoms with Gasteiger partial charge < -0.3 is 10.4 Å². The molecule has 0 bridgehead atoms. The fourth-order valence-corrected chi connectivity index (χ4v) is 2.19. The Kier molecular flexibility index (Phi) is 3.57. The van der Waals surface area contributed by atoms with E-state index in [-0.39, 0.29) is 11.8 Å². The Morgan fingerprint density at radius 3 is 2.56 bits per heavy atom. The summed E-state index contributed by atoms with van der Waals surface area (Å²) in [5.74, 6) is -1.31. The fraction of sp³-hybridized carbons (Fsp3) is 0.385. The highest BCUT2D eigenvalue weighted by Gasteiger charge is 2.37. The van der Waals surface area contributed by atoms with Crippen molar-refractivity contribution in [3.05, 3.63) is 34.3 Å². The van der Waals surface area contributed by atoms with Gasteiger partial charge in [0.2, 0.25) is 0 Å². The number of hydrogen-bond donors (Lipinski definition) is 2. The van der Waals surface area contributed by atoms with Crippen LogP contribution in [0.3, 0.4) is 0 Å². The monoisotopic (exact) mass is 267 g/mol. The van der Waals surface area contributed by atoms with Gasteiger partial charge in [-0.2, -0.15) is 0 Å². The number of nitrogens with one attached hydrogen (secondary N) is 1. The summed E-state index contributed by atoms with van der Waals surface area (Å²) in [6, 6.07) is 4.17. The van der Waals surface area contributed by atoms with E-state index in [2.05, 4.69) is 5.32 Å². The molecule has 1 unspecified atom stereocenters. The zero-order chi connectivity index (χ0) is 13.3. The minimum absolute atomic E-state index is 0.0618. The fourth-order valence-electron chi connectivity index (χ4n) is 1.90. The highest BCUT2D eigenvalue weighted by Crippen LogP contribution is 2.32. The van der Waals surface area contributed by atoms with E-state index in [9.17, 15) is 9.59 Å². The van der Waals surface area contributed by atoms with Crippen LogP contribution < -0.4 is 5.32 Å². The van der Waals surface area contributed by atoms with Gasteiger partial charge in [-0.1, -0.05) is 11.6 Å². The van der Waals surface area contributed by atoms with Gasteiger partial charge in [0.15, 0.2) is 0 Å². The molecule has 1 atom stereocenters. The van der Waals surface area contributed by atoms with E-state index in [1.807, 2.05) is 6.92 Å². The number of rotatable bonds is 4. The largest absolute Gasteiger partial charge is 0.480 e. The molecule has 0 aromatic heterocycles. The maximum absolute atomic E-state index is 12.0. The van der Waals surface area contributed by atoms with E-state index >= 15 is 0 Å². The minimum Gasteiger partial charge on any atom is -0.480 e. The van der Waals surface area contributed by atoms with Crippen LogP contribution >= 0.6 is 11.6 Å². The highest BCUT2D eigenvalue weighted by atomic mass is 35.5. The average Bonchev–Trinajstić information content (AvgIpc) is 3.07. The van der Waals surface area contributed by atoms with Crippen LogP contribution in [0.5, 0.6) is 0 Å². The molecule has 1 fully saturated rings. The van der Waals surface area contributed by atoms with Crippen LogP contribution in [0.1, 0.15) is 28.8 Å². The molecule has 1 aromatic carbocycles. The number of amides is 1. The zero-order valence-corrected chi connectivity index (χ0v) is 10.7. The predicted octanol–water partition coefficient (Wildman–Crippen LogP) is 2.24. The summed E-state index contributed by atoms with van der Waals surface area (Å²) >= 11 is 5.87. The topological polar surface area (TPSA) is 66.4 Å². The Balaban J connectivity index is 2.13. The summed E-state index contributed by atoms with van der Waals surface area (Å²) < 4.78 is 0. The van der Waals surface area contributed by atoms with Crippen molar-refractivity contribution in [1.82, 2.24) is 5.32 Å². The highest BCUT2D eigenvalue weighted by molar-refractivity contribution is 6.31. The first-order valence-electron chi connectivity index (χ1n) is 5.78. The van der Waals surface area contributed by atoms with Gasteiger partial charge in [-0.3, -0.25) is 4.79 Å². The van der Waals surface area contributed by atoms with E-state index < -0.39 is 12.0 Å². The van der Waals surface area contributed by atoms with Gasteiger partial charge in [0.1, 0.15) is 6.04 Å². The first-order valence-corrected chi connectivity index (χ1v) is 6.16. The number of aliphatic carboxylic acids is 1. The SMILES string of the molecule is Cc1cc(Cl)cc(C(=O)NC(C(=O)O)C2CC2)c1. The number of benzene rings is 1. The van der Waals surface area contributed by atoms with Crippen LogP contribution in [0.4, 0.5) is 0 Å². The number of carbonyl (C=O) groups excluding carboxylic acids is 1. The molecule has 1 aromatic rings. The van der Waals surface area contributed by atoms with Crippen molar-refractivity contribution in [2.24, 2.45) is 5.92 Å². The second-order valence-electron chi connectivity index (χ2n) is 4.64.